The Kier molecular flexibility index (Phi) is 9.63. The van der Waals surface area contributed by atoms with Gasteiger partial charge in [-0.3, -0.25) is 9.67 Å². The Morgan fingerprint density at radius 3 is 2.86 bits per heavy atom. The van der Waals surface area contributed by atoms with Gasteiger partial charge in [-0.05, 0) is 31.2 Å². The summed E-state index contributed by atoms with van der Waals surface area (Å²) in [6.45, 7) is 3.15. The van der Waals surface area contributed by atoms with Gasteiger partial charge in [-0.2, -0.15) is 5.10 Å². The number of sulfonamides is 1. The average Bonchev–Trinajstić information content (AvgIpc) is 3.34. The molecule has 2 aliphatic heterocycles. The Labute approximate surface area is 190 Å². The van der Waals surface area contributed by atoms with Gasteiger partial charge in [-0.15, -0.1) is 24.0 Å². The van der Waals surface area contributed by atoms with Crippen LogP contribution < -0.4 is 10.0 Å². The number of rotatable bonds is 7. The normalized spacial score (nSPS) is 23.1. The lowest BCUT2D eigenvalue weighted by atomic mass is 10.0. The van der Waals surface area contributed by atoms with E-state index in [1.165, 1.54) is 5.56 Å². The zero-order valence-electron chi connectivity index (χ0n) is 17.2. The summed E-state index contributed by atoms with van der Waals surface area (Å²) in [7, 11) is 0.315. The van der Waals surface area contributed by atoms with Gasteiger partial charge in [0.1, 0.15) is 0 Å². The molecule has 0 bridgehead atoms. The van der Waals surface area contributed by atoms with Gasteiger partial charge >= 0.3 is 0 Å². The zero-order valence-corrected chi connectivity index (χ0v) is 20.4. The molecule has 9 nitrogen and oxygen atoms in total. The van der Waals surface area contributed by atoms with Crippen molar-refractivity contribution < 1.29 is 13.2 Å². The van der Waals surface area contributed by atoms with E-state index in [1.54, 1.807) is 7.05 Å². The number of hydrogen-bond acceptors (Lipinski definition) is 5. The van der Waals surface area contributed by atoms with E-state index >= 15 is 0 Å². The first kappa shape index (κ1) is 24.4. The van der Waals surface area contributed by atoms with Crippen molar-refractivity contribution in [2.45, 2.75) is 37.7 Å². The summed E-state index contributed by atoms with van der Waals surface area (Å²) in [5, 5.41) is 7.44. The summed E-state index contributed by atoms with van der Waals surface area (Å²) in [6.07, 6.45) is 8.08. The van der Waals surface area contributed by atoms with Crippen LogP contribution in [0.4, 0.5) is 0 Å². The first-order chi connectivity index (χ1) is 13.5. The monoisotopic (exact) mass is 540 g/mol. The molecule has 1 aromatic rings. The lowest BCUT2D eigenvalue weighted by Crippen LogP contribution is -2.43. The van der Waals surface area contributed by atoms with Crippen molar-refractivity contribution in [2.75, 3.05) is 45.6 Å². The van der Waals surface area contributed by atoms with E-state index in [2.05, 4.69) is 31.2 Å². The molecule has 1 aromatic heterocycles. The van der Waals surface area contributed by atoms with Crippen LogP contribution in [0.25, 0.3) is 0 Å². The summed E-state index contributed by atoms with van der Waals surface area (Å²) in [5.74, 6) is 1.18. The Hall–Kier alpha value is -0.920. The van der Waals surface area contributed by atoms with Crippen LogP contribution in [0, 0.1) is 0 Å². The number of likely N-dealkylation sites (tertiary alicyclic amines) is 1. The molecule has 0 saturated carbocycles. The molecule has 29 heavy (non-hydrogen) atoms. The van der Waals surface area contributed by atoms with Crippen molar-refractivity contribution in [3.63, 3.8) is 0 Å². The Balaban J connectivity index is 0.00000300. The van der Waals surface area contributed by atoms with Gasteiger partial charge < -0.3 is 15.0 Å². The van der Waals surface area contributed by atoms with E-state index in [1.807, 2.05) is 17.9 Å². The van der Waals surface area contributed by atoms with Gasteiger partial charge in [0.15, 0.2) is 5.96 Å². The highest BCUT2D eigenvalue weighted by atomic mass is 127. The van der Waals surface area contributed by atoms with E-state index < -0.39 is 10.0 Å². The number of guanidine groups is 1. The van der Waals surface area contributed by atoms with Crippen LogP contribution in [0.1, 0.15) is 37.2 Å². The van der Waals surface area contributed by atoms with Crippen LogP contribution in [0.3, 0.4) is 0 Å². The van der Waals surface area contributed by atoms with Gasteiger partial charge in [0.25, 0.3) is 0 Å². The molecule has 2 saturated heterocycles. The quantitative estimate of drug-likeness (QED) is 0.303. The number of aromatic nitrogens is 2. The minimum atomic E-state index is -3.34. The molecule has 2 atom stereocenters. The standard InChI is InChI=1S/C18H32N6O3S.HI/c1-19-18(24-8-6-15(14-24)16-11-21-23(2)13-16)20-7-10-28(25,26)22-12-17-5-3-4-9-27-17;/h11,13,15,17,22H,3-10,12,14H2,1-2H3,(H,19,20);1H. The smallest absolute Gasteiger partial charge is 0.213 e. The molecule has 3 rings (SSSR count). The van der Waals surface area contributed by atoms with Crippen molar-refractivity contribution >= 4 is 40.0 Å². The maximum Gasteiger partial charge on any atom is 0.213 e. The van der Waals surface area contributed by atoms with Crippen molar-refractivity contribution in [2.24, 2.45) is 12.0 Å². The summed E-state index contributed by atoms with van der Waals surface area (Å²) < 4.78 is 34.5. The van der Waals surface area contributed by atoms with E-state index in [0.29, 0.717) is 19.0 Å². The third-order valence-corrected chi connectivity index (χ3v) is 6.70. The number of hydrogen-bond donors (Lipinski definition) is 2. The van der Waals surface area contributed by atoms with Gasteiger partial charge in [-0.1, -0.05) is 0 Å². The first-order valence-electron chi connectivity index (χ1n) is 10.00. The fourth-order valence-electron chi connectivity index (χ4n) is 3.77. The fourth-order valence-corrected chi connectivity index (χ4v) is 4.72. The number of nitrogens with one attached hydrogen (secondary N) is 2. The van der Waals surface area contributed by atoms with Crippen molar-refractivity contribution in [1.82, 2.24) is 24.7 Å². The maximum absolute atomic E-state index is 12.2. The minimum Gasteiger partial charge on any atom is -0.377 e. The maximum atomic E-state index is 12.2. The summed E-state index contributed by atoms with van der Waals surface area (Å²) in [4.78, 5) is 6.49. The second kappa shape index (κ2) is 11.5. The van der Waals surface area contributed by atoms with Gasteiger partial charge in [-0.25, -0.2) is 13.1 Å². The van der Waals surface area contributed by atoms with Crippen LogP contribution in [-0.2, 0) is 21.8 Å². The molecule has 166 valence electrons. The van der Waals surface area contributed by atoms with Crippen LogP contribution in [-0.4, -0.2) is 80.7 Å². The lowest BCUT2D eigenvalue weighted by molar-refractivity contribution is 0.0200. The number of halogens is 1. The molecule has 0 radical (unpaired) electrons. The molecule has 2 aliphatic rings. The van der Waals surface area contributed by atoms with Crippen LogP contribution >= 0.6 is 24.0 Å². The SMILES string of the molecule is CN=C(NCCS(=O)(=O)NCC1CCCCO1)N1CCC(c2cnn(C)c2)C1.I. The highest BCUT2D eigenvalue weighted by Crippen LogP contribution is 2.26. The zero-order chi connectivity index (χ0) is 20.0. The van der Waals surface area contributed by atoms with Gasteiger partial charge in [0.05, 0.1) is 18.1 Å². The molecule has 2 unspecified atom stereocenters. The topological polar surface area (TPSA) is 101 Å². The average molecular weight is 540 g/mol. The third kappa shape index (κ3) is 7.37. The van der Waals surface area contributed by atoms with Crippen molar-refractivity contribution in [3.05, 3.63) is 18.0 Å². The summed E-state index contributed by atoms with van der Waals surface area (Å²) >= 11 is 0. The summed E-state index contributed by atoms with van der Waals surface area (Å²) in [6, 6.07) is 0. The molecule has 3 heterocycles. The van der Waals surface area contributed by atoms with Crippen LogP contribution in [0.15, 0.2) is 17.4 Å². The molecule has 0 aromatic carbocycles. The Morgan fingerprint density at radius 2 is 2.21 bits per heavy atom. The molecular formula is C18H33IN6O3S. The summed E-state index contributed by atoms with van der Waals surface area (Å²) in [5.41, 5.74) is 1.23. The van der Waals surface area contributed by atoms with E-state index in [-0.39, 0.29) is 35.8 Å². The van der Waals surface area contributed by atoms with Crippen molar-refractivity contribution in [1.29, 1.82) is 0 Å². The fraction of sp³-hybridized carbons (Fsp3) is 0.778. The Morgan fingerprint density at radius 1 is 1.38 bits per heavy atom. The largest absolute Gasteiger partial charge is 0.377 e. The molecule has 11 heteroatoms. The van der Waals surface area contributed by atoms with Crippen LogP contribution in [0.5, 0.6) is 0 Å². The predicted octanol–water partition coefficient (Wildman–Crippen LogP) is 0.891. The Bertz CT molecular complexity index is 763. The lowest BCUT2D eigenvalue weighted by Gasteiger charge is -2.23. The predicted molar refractivity (Wildman–Crippen MR) is 124 cm³/mol. The van der Waals surface area contributed by atoms with Gasteiger partial charge in [0.2, 0.25) is 10.0 Å². The molecule has 2 N–H and O–H groups in total. The molecule has 0 spiro atoms. The number of ether oxygens (including phenoxy) is 1. The second-order valence-electron chi connectivity index (χ2n) is 7.51. The molecular weight excluding hydrogens is 507 g/mol. The van der Waals surface area contributed by atoms with Crippen molar-refractivity contribution in [3.8, 4) is 0 Å². The molecule has 0 amide bonds. The number of nitrogens with zero attached hydrogens (tertiary/aromatic N) is 4. The number of aryl methyl sites for hydroxylation is 1. The molecule has 0 aliphatic carbocycles. The van der Waals surface area contributed by atoms with E-state index in [0.717, 1.165) is 51.3 Å². The molecule has 2 fully saturated rings. The van der Waals surface area contributed by atoms with E-state index in [4.69, 9.17) is 4.74 Å². The highest BCUT2D eigenvalue weighted by molar-refractivity contribution is 14.0. The number of aliphatic imine (C=N–C) groups is 1. The highest BCUT2D eigenvalue weighted by Gasteiger charge is 2.27. The van der Waals surface area contributed by atoms with Gasteiger partial charge in [0, 0.05) is 59.0 Å². The van der Waals surface area contributed by atoms with E-state index in [9.17, 15) is 8.42 Å². The minimum absolute atomic E-state index is 0. The third-order valence-electron chi connectivity index (χ3n) is 5.35. The first-order valence-corrected chi connectivity index (χ1v) is 11.6. The second-order valence-corrected chi connectivity index (χ2v) is 9.44. The van der Waals surface area contributed by atoms with Crippen LogP contribution in [0.2, 0.25) is 0 Å².